The van der Waals surface area contributed by atoms with Gasteiger partial charge in [-0.05, 0) is 43.0 Å². The molecule has 2 rings (SSSR count). The SMILES string of the molecule is CCCCS(=O)(=O)Nc1ccc(Nc2c(C)cccc2CC)nn1. The molecule has 0 radical (unpaired) electrons. The number of para-hydroxylation sites is 1. The number of unbranched alkanes of at least 4 members (excludes halogenated alkanes) is 1. The first-order valence-electron chi connectivity index (χ1n) is 8.15. The third-order valence-electron chi connectivity index (χ3n) is 3.68. The summed E-state index contributed by atoms with van der Waals surface area (Å²) in [4.78, 5) is 0. The third-order valence-corrected chi connectivity index (χ3v) is 5.03. The zero-order chi connectivity index (χ0) is 17.6. The van der Waals surface area contributed by atoms with Gasteiger partial charge in [0.05, 0.1) is 5.75 Å². The molecule has 0 atom stereocenters. The van der Waals surface area contributed by atoms with Crippen molar-refractivity contribution in [2.75, 3.05) is 15.8 Å². The molecule has 0 spiro atoms. The van der Waals surface area contributed by atoms with E-state index in [4.69, 9.17) is 0 Å². The van der Waals surface area contributed by atoms with Crippen molar-refractivity contribution in [1.82, 2.24) is 10.2 Å². The van der Waals surface area contributed by atoms with Crippen molar-refractivity contribution in [3.8, 4) is 0 Å². The number of hydrogen-bond acceptors (Lipinski definition) is 5. The monoisotopic (exact) mass is 348 g/mol. The van der Waals surface area contributed by atoms with Gasteiger partial charge in [0.1, 0.15) is 0 Å². The number of nitrogens with one attached hydrogen (secondary N) is 2. The summed E-state index contributed by atoms with van der Waals surface area (Å²) in [6.45, 7) is 6.08. The van der Waals surface area contributed by atoms with E-state index in [2.05, 4.69) is 33.2 Å². The molecule has 0 bridgehead atoms. The molecule has 0 aliphatic heterocycles. The van der Waals surface area contributed by atoms with Crippen LogP contribution in [-0.4, -0.2) is 24.4 Å². The Bertz CT molecular complexity index is 774. The predicted octanol–water partition coefficient (Wildman–Crippen LogP) is 3.63. The Labute approximate surface area is 143 Å². The molecule has 0 amide bonds. The van der Waals surface area contributed by atoms with Gasteiger partial charge >= 0.3 is 0 Å². The molecule has 0 aliphatic carbocycles. The number of benzene rings is 1. The first kappa shape index (κ1) is 18.2. The second-order valence-corrected chi connectivity index (χ2v) is 7.51. The molecular weight excluding hydrogens is 324 g/mol. The number of sulfonamides is 1. The van der Waals surface area contributed by atoms with Crippen LogP contribution in [0.4, 0.5) is 17.3 Å². The van der Waals surface area contributed by atoms with Gasteiger partial charge in [-0.25, -0.2) is 8.42 Å². The van der Waals surface area contributed by atoms with Crippen LogP contribution < -0.4 is 10.0 Å². The maximum absolute atomic E-state index is 11.9. The quantitative estimate of drug-likeness (QED) is 0.761. The summed E-state index contributed by atoms with van der Waals surface area (Å²) < 4.78 is 26.2. The largest absolute Gasteiger partial charge is 0.338 e. The van der Waals surface area contributed by atoms with Crippen LogP contribution in [0.3, 0.4) is 0 Å². The Morgan fingerprint density at radius 1 is 1.04 bits per heavy atom. The average Bonchev–Trinajstić information content (AvgIpc) is 2.56. The summed E-state index contributed by atoms with van der Waals surface area (Å²) in [7, 11) is -3.36. The van der Waals surface area contributed by atoms with Crippen molar-refractivity contribution in [2.24, 2.45) is 0 Å². The Hall–Kier alpha value is -2.15. The van der Waals surface area contributed by atoms with Crippen LogP contribution in [0.15, 0.2) is 30.3 Å². The fourth-order valence-electron chi connectivity index (χ4n) is 2.33. The Balaban J connectivity index is 2.11. The number of hydrogen-bond donors (Lipinski definition) is 2. The summed E-state index contributed by atoms with van der Waals surface area (Å²) >= 11 is 0. The standard InChI is InChI=1S/C17H24N4O2S/c1-4-6-12-24(22,23)21-16-11-10-15(19-20-16)18-17-13(3)8-7-9-14(17)5-2/h7-11H,4-6,12H2,1-3H3,(H,18,19)(H,20,21). The van der Waals surface area contributed by atoms with Gasteiger partial charge in [-0.2, -0.15) is 0 Å². The van der Waals surface area contributed by atoms with E-state index in [0.29, 0.717) is 12.2 Å². The molecule has 1 heterocycles. The van der Waals surface area contributed by atoms with Crippen molar-refractivity contribution in [3.05, 3.63) is 41.5 Å². The third kappa shape index (κ3) is 4.92. The molecule has 0 aliphatic rings. The second kappa shape index (κ2) is 8.10. The lowest BCUT2D eigenvalue weighted by Gasteiger charge is -2.13. The van der Waals surface area contributed by atoms with E-state index in [0.717, 1.165) is 24.1 Å². The maximum atomic E-state index is 11.9. The van der Waals surface area contributed by atoms with Crippen molar-refractivity contribution < 1.29 is 8.42 Å². The van der Waals surface area contributed by atoms with Crippen molar-refractivity contribution >= 4 is 27.3 Å². The van der Waals surface area contributed by atoms with E-state index in [1.165, 1.54) is 5.56 Å². The van der Waals surface area contributed by atoms with E-state index in [9.17, 15) is 8.42 Å². The van der Waals surface area contributed by atoms with Crippen molar-refractivity contribution in [2.45, 2.75) is 40.0 Å². The molecule has 0 saturated heterocycles. The summed E-state index contributed by atoms with van der Waals surface area (Å²) in [6.07, 6.45) is 2.36. The van der Waals surface area contributed by atoms with Crippen LogP contribution in [0.5, 0.6) is 0 Å². The smallest absolute Gasteiger partial charge is 0.233 e. The molecular formula is C17H24N4O2S. The molecule has 2 N–H and O–H groups in total. The molecule has 7 heteroatoms. The maximum Gasteiger partial charge on any atom is 0.233 e. The minimum atomic E-state index is -3.36. The van der Waals surface area contributed by atoms with Gasteiger partial charge in [-0.1, -0.05) is 38.5 Å². The molecule has 130 valence electrons. The minimum Gasteiger partial charge on any atom is -0.338 e. The fourth-order valence-corrected chi connectivity index (χ4v) is 3.53. The number of rotatable bonds is 8. The number of aryl methyl sites for hydroxylation is 2. The van der Waals surface area contributed by atoms with E-state index in [1.807, 2.05) is 26.0 Å². The first-order valence-corrected chi connectivity index (χ1v) is 9.80. The Morgan fingerprint density at radius 2 is 1.75 bits per heavy atom. The normalized spacial score (nSPS) is 11.3. The van der Waals surface area contributed by atoms with Gasteiger partial charge in [0.15, 0.2) is 11.6 Å². The van der Waals surface area contributed by atoms with E-state index >= 15 is 0 Å². The zero-order valence-electron chi connectivity index (χ0n) is 14.3. The zero-order valence-corrected chi connectivity index (χ0v) is 15.2. The lowest BCUT2D eigenvalue weighted by atomic mass is 10.1. The molecule has 0 fully saturated rings. The average molecular weight is 348 g/mol. The molecule has 0 unspecified atom stereocenters. The van der Waals surface area contributed by atoms with Gasteiger partial charge in [0.25, 0.3) is 0 Å². The van der Waals surface area contributed by atoms with Crippen molar-refractivity contribution in [1.29, 1.82) is 0 Å². The van der Waals surface area contributed by atoms with Crippen LogP contribution in [0, 0.1) is 6.92 Å². The van der Waals surface area contributed by atoms with E-state index in [-0.39, 0.29) is 11.6 Å². The van der Waals surface area contributed by atoms with Gasteiger partial charge in [-0.3, -0.25) is 4.72 Å². The predicted molar refractivity (Wildman–Crippen MR) is 98.2 cm³/mol. The summed E-state index contributed by atoms with van der Waals surface area (Å²) in [5.74, 6) is 0.904. The lowest BCUT2D eigenvalue weighted by Crippen LogP contribution is -2.17. The molecule has 6 nitrogen and oxygen atoms in total. The lowest BCUT2D eigenvalue weighted by molar-refractivity contribution is 0.597. The summed E-state index contributed by atoms with van der Waals surface area (Å²) in [5.41, 5.74) is 3.34. The molecule has 24 heavy (non-hydrogen) atoms. The molecule has 0 saturated carbocycles. The summed E-state index contributed by atoms with van der Waals surface area (Å²) in [6, 6.07) is 9.46. The van der Waals surface area contributed by atoms with Crippen LogP contribution in [0.25, 0.3) is 0 Å². The minimum absolute atomic E-state index is 0.0915. The highest BCUT2D eigenvalue weighted by Gasteiger charge is 2.11. The Morgan fingerprint density at radius 3 is 2.38 bits per heavy atom. The second-order valence-electron chi connectivity index (χ2n) is 5.67. The number of anilines is 3. The van der Waals surface area contributed by atoms with Crippen LogP contribution in [-0.2, 0) is 16.4 Å². The van der Waals surface area contributed by atoms with Gasteiger partial charge in [0.2, 0.25) is 10.0 Å². The van der Waals surface area contributed by atoms with Crippen molar-refractivity contribution in [3.63, 3.8) is 0 Å². The highest BCUT2D eigenvalue weighted by atomic mass is 32.2. The van der Waals surface area contributed by atoms with Gasteiger partial charge in [-0.15, -0.1) is 10.2 Å². The highest BCUT2D eigenvalue weighted by Crippen LogP contribution is 2.24. The highest BCUT2D eigenvalue weighted by molar-refractivity contribution is 7.92. The summed E-state index contributed by atoms with van der Waals surface area (Å²) in [5, 5.41) is 11.3. The topological polar surface area (TPSA) is 84.0 Å². The first-order chi connectivity index (χ1) is 11.4. The van der Waals surface area contributed by atoms with E-state index in [1.54, 1.807) is 12.1 Å². The molecule has 1 aromatic carbocycles. The number of aromatic nitrogens is 2. The van der Waals surface area contributed by atoms with E-state index < -0.39 is 10.0 Å². The fraction of sp³-hybridized carbons (Fsp3) is 0.412. The van der Waals surface area contributed by atoms with Crippen LogP contribution >= 0.6 is 0 Å². The number of nitrogens with zero attached hydrogens (tertiary/aromatic N) is 2. The van der Waals surface area contributed by atoms with Crippen LogP contribution in [0.2, 0.25) is 0 Å². The molecule has 2 aromatic rings. The van der Waals surface area contributed by atoms with Gasteiger partial charge < -0.3 is 5.32 Å². The molecule has 1 aromatic heterocycles. The Kier molecular flexibility index (Phi) is 6.14. The van der Waals surface area contributed by atoms with Gasteiger partial charge in [0, 0.05) is 5.69 Å². The van der Waals surface area contributed by atoms with Crippen LogP contribution in [0.1, 0.15) is 37.8 Å².